The Bertz CT molecular complexity index is 1770. The van der Waals surface area contributed by atoms with Crippen molar-refractivity contribution in [3.63, 3.8) is 0 Å². The number of thiophene rings is 1. The van der Waals surface area contributed by atoms with Crippen LogP contribution in [0.2, 0.25) is 0 Å². The molecule has 1 N–H and O–H groups in total. The number of aromatic nitrogens is 2. The van der Waals surface area contributed by atoms with Crippen molar-refractivity contribution in [2.45, 2.75) is 115 Å². The molecule has 15 heteroatoms. The number of piperazine rings is 1. The third-order valence-electron chi connectivity index (χ3n) is 10.5. The van der Waals surface area contributed by atoms with Gasteiger partial charge in [0.1, 0.15) is 22.5 Å². The molecule has 14 nitrogen and oxygen atoms in total. The van der Waals surface area contributed by atoms with Crippen molar-refractivity contribution in [1.82, 2.24) is 24.7 Å². The van der Waals surface area contributed by atoms with E-state index in [1.54, 1.807) is 22.6 Å². The van der Waals surface area contributed by atoms with E-state index in [-0.39, 0.29) is 36.5 Å². The Morgan fingerprint density at radius 3 is 2.69 bits per heavy atom. The van der Waals surface area contributed by atoms with E-state index in [9.17, 15) is 9.90 Å². The van der Waals surface area contributed by atoms with Crippen molar-refractivity contribution >= 4 is 46.0 Å². The highest BCUT2D eigenvalue weighted by Crippen LogP contribution is 2.54. The first-order chi connectivity index (χ1) is 24.5. The number of aliphatic imine (C=N–C) groups is 1. The number of nitrogens with zero attached hydrogens (tertiary/aromatic N) is 9. The number of rotatable bonds is 8. The zero-order valence-electron chi connectivity index (χ0n) is 32.0. The van der Waals surface area contributed by atoms with Gasteiger partial charge in [-0.05, 0) is 90.8 Å². The lowest BCUT2D eigenvalue weighted by molar-refractivity contribution is -0.199. The van der Waals surface area contributed by atoms with E-state index < -0.39 is 16.8 Å². The number of carbonyl (C=O) groups excluding carboxylic acids is 1. The summed E-state index contributed by atoms with van der Waals surface area (Å²) in [6.45, 7) is 22.2. The standard InChI is InChI=1S/C37H53N9O5S/c1-23-21-45(34(47)50-35(3,4)5)17-18-46(23)28-19-29(49-24(2)25-13-12-16-44(25)10)41-33(40-28)37(48)20-27(42-51-37)36(6)15-11-14-26-30(36)31(38-7)32(52-26)39-22-43(8)9/h19,22-25,48H,11-18,20-21H2,1-6,8-10H3/b39-22+/t23-,24+,25+,36-,37?/m1/s1. The van der Waals surface area contributed by atoms with Gasteiger partial charge >= 0.3 is 11.9 Å². The van der Waals surface area contributed by atoms with E-state index in [0.717, 1.165) is 49.1 Å². The number of anilines is 1. The van der Waals surface area contributed by atoms with Crippen molar-refractivity contribution in [3.8, 4) is 5.88 Å². The molecule has 3 aliphatic heterocycles. The Morgan fingerprint density at radius 1 is 1.27 bits per heavy atom. The molecule has 6 rings (SSSR count). The van der Waals surface area contributed by atoms with E-state index in [0.29, 0.717) is 47.7 Å². The van der Waals surface area contributed by atoms with Crippen LogP contribution in [0.1, 0.15) is 89.9 Å². The lowest BCUT2D eigenvalue weighted by Gasteiger charge is -2.41. The predicted molar refractivity (Wildman–Crippen MR) is 202 cm³/mol. The number of fused-ring (bicyclic) bond motifs is 1. The van der Waals surface area contributed by atoms with Gasteiger partial charge in [0.15, 0.2) is 0 Å². The van der Waals surface area contributed by atoms with Crippen LogP contribution >= 0.6 is 11.3 Å². The van der Waals surface area contributed by atoms with Gasteiger partial charge in [0.05, 0.1) is 25.0 Å². The van der Waals surface area contributed by atoms with Gasteiger partial charge in [0.2, 0.25) is 17.4 Å². The number of hydrogen-bond acceptors (Lipinski definition) is 12. The van der Waals surface area contributed by atoms with Gasteiger partial charge in [-0.2, -0.15) is 4.98 Å². The van der Waals surface area contributed by atoms with Crippen LogP contribution in [-0.2, 0) is 27.2 Å². The number of aryl methyl sites for hydroxylation is 1. The van der Waals surface area contributed by atoms with E-state index in [4.69, 9.17) is 30.9 Å². The van der Waals surface area contributed by atoms with Gasteiger partial charge in [-0.3, -0.25) is 4.90 Å². The van der Waals surface area contributed by atoms with Gasteiger partial charge in [0.25, 0.3) is 0 Å². The Labute approximate surface area is 311 Å². The first-order valence-electron chi connectivity index (χ1n) is 18.2. The summed E-state index contributed by atoms with van der Waals surface area (Å²) >= 11 is 1.55. The molecular weight excluding hydrogens is 683 g/mol. The second-order valence-electron chi connectivity index (χ2n) is 16.0. The number of hydrogen-bond donors (Lipinski definition) is 1. The van der Waals surface area contributed by atoms with Gasteiger partial charge in [0, 0.05) is 57.3 Å². The maximum absolute atomic E-state index is 12.9. The van der Waals surface area contributed by atoms with Crippen LogP contribution in [0.15, 0.2) is 16.2 Å². The molecule has 1 amide bonds. The van der Waals surface area contributed by atoms with Crippen LogP contribution in [0.4, 0.5) is 21.3 Å². The maximum Gasteiger partial charge on any atom is 0.410 e. The van der Waals surface area contributed by atoms with E-state index in [2.05, 4.69) is 38.8 Å². The normalized spacial score (nSPS) is 27.2. The minimum Gasteiger partial charge on any atom is -0.473 e. The molecule has 2 saturated heterocycles. The Morgan fingerprint density at radius 2 is 2.04 bits per heavy atom. The molecule has 2 fully saturated rings. The van der Waals surface area contributed by atoms with E-state index >= 15 is 0 Å². The molecule has 5 atom stereocenters. The number of likely N-dealkylation sites (N-methyl/N-ethyl adjacent to an activating group) is 1. The summed E-state index contributed by atoms with van der Waals surface area (Å²) in [5.41, 5.74) is 0.843. The molecule has 0 spiro atoms. The summed E-state index contributed by atoms with van der Waals surface area (Å²) in [5, 5.41) is 17.4. The second kappa shape index (κ2) is 14.4. The fourth-order valence-corrected chi connectivity index (χ4v) is 9.04. The quantitative estimate of drug-likeness (QED) is 0.201. The monoisotopic (exact) mass is 735 g/mol. The number of ether oxygens (including phenoxy) is 2. The molecule has 282 valence electrons. The summed E-state index contributed by atoms with van der Waals surface area (Å²) in [7, 11) is 5.90. The zero-order valence-corrected chi connectivity index (χ0v) is 32.8. The lowest BCUT2D eigenvalue weighted by atomic mass is 9.69. The highest BCUT2D eigenvalue weighted by Gasteiger charge is 2.51. The van der Waals surface area contributed by atoms with Crippen molar-refractivity contribution in [1.29, 1.82) is 0 Å². The Hall–Kier alpha value is -4.00. The van der Waals surface area contributed by atoms with Gasteiger partial charge < -0.3 is 34.1 Å². The molecular formula is C37H53N9O5S. The van der Waals surface area contributed by atoms with Crippen LogP contribution in [0.5, 0.6) is 5.88 Å². The zero-order chi connectivity index (χ0) is 37.6. The summed E-state index contributed by atoms with van der Waals surface area (Å²) in [4.78, 5) is 46.2. The number of aliphatic hydroxyl groups is 1. The number of oxime groups is 1. The molecule has 0 radical (unpaired) electrons. The second-order valence-corrected chi connectivity index (χ2v) is 17.1. The Kier molecular flexibility index (Phi) is 10.5. The lowest BCUT2D eigenvalue weighted by Crippen LogP contribution is -2.55. The average Bonchev–Trinajstić information content (AvgIpc) is 3.80. The van der Waals surface area contributed by atoms with Crippen molar-refractivity contribution in [2.75, 3.05) is 52.2 Å². The molecule has 0 aromatic carbocycles. The first-order valence-corrected chi connectivity index (χ1v) is 19.1. The SMILES string of the molecule is [C-]#[N+]c1c(/N=C/N(C)C)sc2c1[C@@](C)(C1=NOC(O)(c3nc(O[C@@H](C)[C@@H]4CCCN4C)cc(N4CCN(C(=O)OC(C)(C)C)C[C@H]4C)n3)C1)CCC2. The van der Waals surface area contributed by atoms with Gasteiger partial charge in [-0.1, -0.05) is 12.1 Å². The van der Waals surface area contributed by atoms with Crippen LogP contribution in [0.25, 0.3) is 4.85 Å². The van der Waals surface area contributed by atoms with E-state index in [1.807, 2.05) is 59.7 Å². The molecule has 1 aliphatic carbocycles. The van der Waals surface area contributed by atoms with Crippen molar-refractivity contribution in [2.24, 2.45) is 10.1 Å². The third kappa shape index (κ3) is 7.56. The first kappa shape index (κ1) is 37.7. The molecule has 2 aromatic rings. The van der Waals surface area contributed by atoms with Crippen LogP contribution in [0, 0.1) is 6.57 Å². The fraction of sp³-hybridized carbons (Fsp3) is 0.676. The van der Waals surface area contributed by atoms with Crippen molar-refractivity contribution in [3.05, 3.63) is 33.7 Å². The minimum absolute atomic E-state index is 0.0261. The topological polar surface area (TPSA) is 133 Å². The molecule has 52 heavy (non-hydrogen) atoms. The number of likely N-dealkylation sites (tertiary alicyclic amines) is 1. The Balaban J connectivity index is 1.31. The molecule has 5 heterocycles. The minimum atomic E-state index is -1.96. The van der Waals surface area contributed by atoms with Crippen molar-refractivity contribution < 1.29 is 24.2 Å². The van der Waals surface area contributed by atoms with Crippen LogP contribution in [-0.4, -0.2) is 119 Å². The summed E-state index contributed by atoms with van der Waals surface area (Å²) in [6, 6.07) is 1.93. The number of amides is 1. The smallest absolute Gasteiger partial charge is 0.410 e. The molecule has 0 saturated carbocycles. The van der Waals surface area contributed by atoms with Gasteiger partial charge in [-0.25, -0.2) is 19.6 Å². The summed E-state index contributed by atoms with van der Waals surface area (Å²) in [6.07, 6.45) is 5.86. The maximum atomic E-state index is 12.9. The molecule has 1 unspecified atom stereocenters. The predicted octanol–water partition coefficient (Wildman–Crippen LogP) is 5.83. The van der Waals surface area contributed by atoms with Crippen LogP contribution in [0.3, 0.4) is 0 Å². The summed E-state index contributed by atoms with van der Waals surface area (Å²) < 4.78 is 12.2. The van der Waals surface area contributed by atoms with E-state index in [1.165, 1.54) is 0 Å². The third-order valence-corrected chi connectivity index (χ3v) is 11.6. The van der Waals surface area contributed by atoms with Crippen LogP contribution < -0.4 is 9.64 Å². The fourth-order valence-electron chi connectivity index (χ4n) is 7.80. The number of carbonyl (C=O) groups is 1. The molecule has 2 aromatic heterocycles. The molecule has 4 aliphatic rings. The van der Waals surface area contributed by atoms with Gasteiger partial charge in [-0.15, -0.1) is 11.3 Å². The molecule has 0 bridgehead atoms. The summed E-state index contributed by atoms with van der Waals surface area (Å²) in [5.74, 6) is -1.00. The highest BCUT2D eigenvalue weighted by molar-refractivity contribution is 7.16. The highest BCUT2D eigenvalue weighted by atomic mass is 32.1. The average molecular weight is 736 g/mol. The largest absolute Gasteiger partial charge is 0.473 e.